The fourth-order valence-electron chi connectivity index (χ4n) is 1.11. The van der Waals surface area contributed by atoms with Crippen molar-refractivity contribution in [3.05, 3.63) is 22.2 Å². The summed E-state index contributed by atoms with van der Waals surface area (Å²) < 4.78 is 1.33. The van der Waals surface area contributed by atoms with Crippen LogP contribution in [0.15, 0.2) is 22.2 Å². The van der Waals surface area contributed by atoms with Gasteiger partial charge in [-0.2, -0.15) is 0 Å². The smallest absolute Gasteiger partial charge is 0.00462 e. The van der Waals surface area contributed by atoms with E-state index in [9.17, 15) is 0 Å². The number of hydrogen-bond acceptors (Lipinski definition) is 0. The summed E-state index contributed by atoms with van der Waals surface area (Å²) in [5.41, 5.74) is 1.57. The van der Waals surface area contributed by atoms with E-state index in [1.165, 1.54) is 17.3 Å². The third-order valence-electron chi connectivity index (χ3n) is 1.87. The van der Waals surface area contributed by atoms with Crippen LogP contribution in [0.2, 0.25) is 0 Å². The molecular formula is C9H13Br. The van der Waals surface area contributed by atoms with Crippen molar-refractivity contribution >= 4 is 15.9 Å². The minimum Gasteiger partial charge on any atom is -0.0673 e. The molecular weight excluding hydrogens is 188 g/mol. The maximum absolute atomic E-state index is 3.48. The summed E-state index contributed by atoms with van der Waals surface area (Å²) in [6.45, 7) is 4.50. The maximum atomic E-state index is 3.48. The van der Waals surface area contributed by atoms with Crippen molar-refractivity contribution < 1.29 is 0 Å². The molecule has 0 nitrogen and oxygen atoms in total. The third-order valence-corrected chi connectivity index (χ3v) is 2.53. The van der Waals surface area contributed by atoms with E-state index >= 15 is 0 Å². The summed E-state index contributed by atoms with van der Waals surface area (Å²) in [7, 11) is 0. The zero-order chi connectivity index (χ0) is 7.56. The average Bonchev–Trinajstić information content (AvgIpc) is 1.88. The number of allylic oxidation sites excluding steroid dienone is 4. The molecule has 0 aromatic heterocycles. The summed E-state index contributed by atoms with van der Waals surface area (Å²) in [4.78, 5) is 0. The quantitative estimate of drug-likeness (QED) is 0.607. The van der Waals surface area contributed by atoms with Crippen LogP contribution in [0, 0.1) is 5.92 Å². The van der Waals surface area contributed by atoms with E-state index in [0.717, 1.165) is 5.92 Å². The topological polar surface area (TPSA) is 0 Å². The van der Waals surface area contributed by atoms with E-state index in [1.54, 1.807) is 5.57 Å². The predicted molar refractivity (Wildman–Crippen MR) is 49.2 cm³/mol. The molecule has 0 fully saturated rings. The summed E-state index contributed by atoms with van der Waals surface area (Å²) in [6, 6.07) is 0. The molecule has 0 spiro atoms. The largest absolute Gasteiger partial charge is 0.0673 e. The summed E-state index contributed by atoms with van der Waals surface area (Å²) >= 11 is 3.48. The lowest BCUT2D eigenvalue weighted by Crippen LogP contribution is -1.96. The highest BCUT2D eigenvalue weighted by Crippen LogP contribution is 2.26. The standard InChI is InChI=1S/C9H13Br/c1-7(2)8-3-5-9(10)6-4-8/h3,5,7H,4,6H2,1-2H3. The first kappa shape index (κ1) is 8.06. The molecule has 0 saturated heterocycles. The van der Waals surface area contributed by atoms with Gasteiger partial charge in [-0.05, 0) is 23.2 Å². The van der Waals surface area contributed by atoms with E-state index in [-0.39, 0.29) is 0 Å². The van der Waals surface area contributed by atoms with Crippen molar-refractivity contribution in [2.75, 3.05) is 0 Å². The van der Waals surface area contributed by atoms with Gasteiger partial charge >= 0.3 is 0 Å². The van der Waals surface area contributed by atoms with Crippen LogP contribution >= 0.6 is 15.9 Å². The first-order valence-corrected chi connectivity index (χ1v) is 4.54. The number of rotatable bonds is 1. The highest BCUT2D eigenvalue weighted by molar-refractivity contribution is 9.11. The third kappa shape index (κ3) is 1.98. The van der Waals surface area contributed by atoms with Gasteiger partial charge in [0.15, 0.2) is 0 Å². The van der Waals surface area contributed by atoms with Gasteiger partial charge in [0.2, 0.25) is 0 Å². The van der Waals surface area contributed by atoms with Crippen molar-refractivity contribution in [2.24, 2.45) is 5.92 Å². The highest BCUT2D eigenvalue weighted by atomic mass is 79.9. The van der Waals surface area contributed by atoms with Gasteiger partial charge in [0.1, 0.15) is 0 Å². The van der Waals surface area contributed by atoms with Gasteiger partial charge in [-0.15, -0.1) is 0 Å². The molecule has 0 bridgehead atoms. The van der Waals surface area contributed by atoms with Crippen LogP contribution in [-0.2, 0) is 0 Å². The van der Waals surface area contributed by atoms with Crippen LogP contribution in [-0.4, -0.2) is 0 Å². The molecule has 0 unspecified atom stereocenters. The lowest BCUT2D eigenvalue weighted by Gasteiger charge is -2.13. The van der Waals surface area contributed by atoms with Crippen molar-refractivity contribution in [3.8, 4) is 0 Å². The van der Waals surface area contributed by atoms with Crippen LogP contribution < -0.4 is 0 Å². The predicted octanol–water partition coefficient (Wildman–Crippen LogP) is 3.64. The Balaban J connectivity index is 2.64. The fourth-order valence-corrected chi connectivity index (χ4v) is 1.44. The lowest BCUT2D eigenvalue weighted by molar-refractivity contribution is 0.708. The SMILES string of the molecule is CC(C)C1=CC=C(Br)CC1. The molecule has 1 aliphatic carbocycles. The molecule has 1 rings (SSSR count). The first-order chi connectivity index (χ1) is 4.70. The second kappa shape index (κ2) is 3.38. The van der Waals surface area contributed by atoms with E-state index in [0.29, 0.717) is 0 Å². The minimum atomic E-state index is 0.719. The van der Waals surface area contributed by atoms with Gasteiger partial charge in [0, 0.05) is 0 Å². The first-order valence-electron chi connectivity index (χ1n) is 3.75. The molecule has 0 heterocycles. The molecule has 1 aliphatic rings. The molecule has 0 N–H and O–H groups in total. The van der Waals surface area contributed by atoms with Gasteiger partial charge < -0.3 is 0 Å². The van der Waals surface area contributed by atoms with Crippen molar-refractivity contribution in [1.29, 1.82) is 0 Å². The number of halogens is 1. The van der Waals surface area contributed by atoms with Gasteiger partial charge in [-0.25, -0.2) is 0 Å². The van der Waals surface area contributed by atoms with E-state index < -0.39 is 0 Å². The average molecular weight is 201 g/mol. The molecule has 0 saturated carbocycles. The van der Waals surface area contributed by atoms with Gasteiger partial charge in [0.25, 0.3) is 0 Å². The number of hydrogen-bond donors (Lipinski definition) is 0. The second-order valence-electron chi connectivity index (χ2n) is 3.01. The Kier molecular flexibility index (Phi) is 2.72. The molecule has 0 aromatic carbocycles. The highest BCUT2D eigenvalue weighted by Gasteiger charge is 2.06. The van der Waals surface area contributed by atoms with Crippen LogP contribution in [0.1, 0.15) is 26.7 Å². The summed E-state index contributed by atoms with van der Waals surface area (Å²) in [6.07, 6.45) is 6.82. The monoisotopic (exact) mass is 200 g/mol. The summed E-state index contributed by atoms with van der Waals surface area (Å²) in [5.74, 6) is 0.719. The van der Waals surface area contributed by atoms with Crippen LogP contribution in [0.5, 0.6) is 0 Å². The van der Waals surface area contributed by atoms with Gasteiger partial charge in [-0.1, -0.05) is 47.5 Å². The Morgan fingerprint density at radius 2 is 2.00 bits per heavy atom. The van der Waals surface area contributed by atoms with Gasteiger partial charge in [-0.3, -0.25) is 0 Å². The van der Waals surface area contributed by atoms with E-state index in [1.807, 2.05) is 0 Å². The van der Waals surface area contributed by atoms with E-state index in [2.05, 4.69) is 41.9 Å². The zero-order valence-electron chi connectivity index (χ0n) is 6.52. The van der Waals surface area contributed by atoms with Crippen LogP contribution in [0.25, 0.3) is 0 Å². The second-order valence-corrected chi connectivity index (χ2v) is 4.03. The Labute approximate surface area is 71.1 Å². The van der Waals surface area contributed by atoms with Crippen LogP contribution in [0.4, 0.5) is 0 Å². The summed E-state index contributed by atoms with van der Waals surface area (Å²) in [5, 5.41) is 0. The Bertz CT molecular complexity index is 175. The fraction of sp³-hybridized carbons (Fsp3) is 0.556. The maximum Gasteiger partial charge on any atom is -0.00462 e. The molecule has 56 valence electrons. The Hall–Kier alpha value is -0.0400. The molecule has 0 amide bonds. The normalized spacial score (nSPS) is 18.8. The van der Waals surface area contributed by atoms with Crippen LogP contribution in [0.3, 0.4) is 0 Å². The van der Waals surface area contributed by atoms with E-state index in [4.69, 9.17) is 0 Å². The minimum absolute atomic E-state index is 0.719. The Morgan fingerprint density at radius 3 is 2.40 bits per heavy atom. The molecule has 0 atom stereocenters. The zero-order valence-corrected chi connectivity index (χ0v) is 8.11. The molecule has 10 heavy (non-hydrogen) atoms. The molecule has 1 heteroatoms. The Morgan fingerprint density at radius 1 is 1.30 bits per heavy atom. The van der Waals surface area contributed by atoms with Crippen molar-refractivity contribution in [2.45, 2.75) is 26.7 Å². The molecule has 0 aromatic rings. The lowest BCUT2D eigenvalue weighted by atomic mass is 9.95. The molecule has 0 radical (unpaired) electrons. The van der Waals surface area contributed by atoms with Crippen molar-refractivity contribution in [1.82, 2.24) is 0 Å². The van der Waals surface area contributed by atoms with Crippen molar-refractivity contribution in [3.63, 3.8) is 0 Å². The van der Waals surface area contributed by atoms with Gasteiger partial charge in [0.05, 0.1) is 0 Å². The molecule has 0 aliphatic heterocycles.